The Morgan fingerprint density at radius 1 is 0.600 bits per heavy atom. The highest BCUT2D eigenvalue weighted by atomic mass is 127. The predicted molar refractivity (Wildman–Crippen MR) is 140 cm³/mol. The Labute approximate surface area is 201 Å². The zero-order valence-electron chi connectivity index (χ0n) is 15.6. The molecule has 0 unspecified atom stereocenters. The monoisotopic (exact) mass is 618 g/mol. The summed E-state index contributed by atoms with van der Waals surface area (Å²) in [5.41, 5.74) is 7.99. The van der Waals surface area contributed by atoms with Gasteiger partial charge in [-0.25, -0.2) is 0 Å². The number of nitrogens with zero attached hydrogens (tertiary/aromatic N) is 4. The second-order valence-electron chi connectivity index (χ2n) is 6.29. The van der Waals surface area contributed by atoms with Crippen molar-refractivity contribution in [2.45, 2.75) is 0 Å². The third-order valence-electron chi connectivity index (χ3n) is 4.20. The standard InChI is InChI=1S/C22H16I2N6/c23-17-9-5-15(6-10-17)13-25-27-21-19-3-1-2-4-20(19)22(30-29-21)28-26-14-16-7-11-18(24)12-8-16/h1-14H,(H,27,29)(H,28,30)/b25-13-,26-14-. The highest BCUT2D eigenvalue weighted by Crippen LogP contribution is 2.25. The fourth-order valence-electron chi connectivity index (χ4n) is 2.70. The first-order valence-electron chi connectivity index (χ1n) is 9.04. The Morgan fingerprint density at radius 3 is 1.40 bits per heavy atom. The van der Waals surface area contributed by atoms with E-state index in [0.29, 0.717) is 11.6 Å². The molecule has 1 heterocycles. The smallest absolute Gasteiger partial charge is 0.176 e. The van der Waals surface area contributed by atoms with E-state index in [1.165, 1.54) is 7.14 Å². The molecule has 148 valence electrons. The van der Waals surface area contributed by atoms with Gasteiger partial charge in [-0.15, -0.1) is 10.2 Å². The molecular formula is C22H16I2N6. The van der Waals surface area contributed by atoms with Crippen molar-refractivity contribution in [1.29, 1.82) is 0 Å². The minimum absolute atomic E-state index is 0.583. The summed E-state index contributed by atoms with van der Waals surface area (Å²) in [4.78, 5) is 0. The summed E-state index contributed by atoms with van der Waals surface area (Å²) >= 11 is 4.55. The fourth-order valence-corrected chi connectivity index (χ4v) is 3.42. The van der Waals surface area contributed by atoms with E-state index in [2.05, 4.69) is 76.4 Å². The first-order chi connectivity index (χ1) is 14.7. The first kappa shape index (κ1) is 20.7. The average molecular weight is 618 g/mol. The van der Waals surface area contributed by atoms with Crippen molar-refractivity contribution in [3.05, 3.63) is 91.1 Å². The molecule has 0 atom stereocenters. The third kappa shape index (κ3) is 5.30. The van der Waals surface area contributed by atoms with Crippen molar-refractivity contribution in [3.8, 4) is 0 Å². The zero-order chi connectivity index (χ0) is 20.8. The molecule has 6 nitrogen and oxygen atoms in total. The number of rotatable bonds is 6. The number of fused-ring (bicyclic) bond motifs is 1. The maximum atomic E-state index is 4.30. The van der Waals surface area contributed by atoms with Gasteiger partial charge in [-0.1, -0.05) is 48.5 Å². The Hall–Kier alpha value is -2.60. The van der Waals surface area contributed by atoms with Gasteiger partial charge in [0.25, 0.3) is 0 Å². The molecule has 0 radical (unpaired) electrons. The van der Waals surface area contributed by atoms with Crippen LogP contribution in [0.4, 0.5) is 11.6 Å². The Kier molecular flexibility index (Phi) is 6.84. The van der Waals surface area contributed by atoms with E-state index in [4.69, 9.17) is 0 Å². The van der Waals surface area contributed by atoms with Crippen LogP contribution in [0.5, 0.6) is 0 Å². The number of nitrogens with one attached hydrogen (secondary N) is 2. The lowest BCUT2D eigenvalue weighted by molar-refractivity contribution is 1.03. The third-order valence-corrected chi connectivity index (χ3v) is 5.63. The van der Waals surface area contributed by atoms with E-state index < -0.39 is 0 Å². The summed E-state index contributed by atoms with van der Waals surface area (Å²) < 4.78 is 2.37. The average Bonchev–Trinajstić information content (AvgIpc) is 2.77. The highest BCUT2D eigenvalue weighted by molar-refractivity contribution is 14.1. The van der Waals surface area contributed by atoms with Gasteiger partial charge >= 0.3 is 0 Å². The van der Waals surface area contributed by atoms with E-state index in [1.807, 2.05) is 72.8 Å². The van der Waals surface area contributed by atoms with Gasteiger partial charge < -0.3 is 0 Å². The number of hydrogen-bond acceptors (Lipinski definition) is 6. The Balaban J connectivity index is 1.52. The topological polar surface area (TPSA) is 74.6 Å². The number of anilines is 2. The zero-order valence-corrected chi connectivity index (χ0v) is 19.9. The molecule has 8 heteroatoms. The summed E-state index contributed by atoms with van der Waals surface area (Å²) in [6.07, 6.45) is 3.51. The summed E-state index contributed by atoms with van der Waals surface area (Å²) in [6, 6.07) is 24.0. The van der Waals surface area contributed by atoms with Gasteiger partial charge in [0.2, 0.25) is 0 Å². The summed E-state index contributed by atoms with van der Waals surface area (Å²) in [5.74, 6) is 1.17. The SMILES string of the molecule is Ic1ccc(/C=N\Nc2nnc(N/N=C\c3ccc(I)cc3)c3ccccc23)cc1. The molecule has 4 rings (SSSR count). The second kappa shape index (κ2) is 9.94. The van der Waals surface area contributed by atoms with Crippen LogP contribution in [0.25, 0.3) is 10.8 Å². The molecule has 0 aliphatic heterocycles. The molecule has 4 aromatic rings. The van der Waals surface area contributed by atoms with Gasteiger partial charge in [0, 0.05) is 17.9 Å². The van der Waals surface area contributed by atoms with E-state index in [-0.39, 0.29) is 0 Å². The van der Waals surface area contributed by atoms with Gasteiger partial charge in [-0.3, -0.25) is 10.9 Å². The molecule has 0 aliphatic rings. The lowest BCUT2D eigenvalue weighted by Crippen LogP contribution is -2.01. The summed E-state index contributed by atoms with van der Waals surface area (Å²) in [5, 5.41) is 19.0. The van der Waals surface area contributed by atoms with Crippen molar-refractivity contribution < 1.29 is 0 Å². The van der Waals surface area contributed by atoms with E-state index in [1.54, 1.807) is 12.4 Å². The lowest BCUT2D eigenvalue weighted by atomic mass is 10.2. The molecule has 0 amide bonds. The molecular weight excluding hydrogens is 602 g/mol. The predicted octanol–water partition coefficient (Wildman–Crippen LogP) is 5.73. The van der Waals surface area contributed by atoms with Gasteiger partial charge in [0.1, 0.15) is 0 Å². The minimum Gasteiger partial charge on any atom is -0.259 e. The Morgan fingerprint density at radius 2 is 1.00 bits per heavy atom. The van der Waals surface area contributed by atoms with Crippen molar-refractivity contribution in [3.63, 3.8) is 0 Å². The van der Waals surface area contributed by atoms with Crippen molar-refractivity contribution in [1.82, 2.24) is 10.2 Å². The van der Waals surface area contributed by atoms with Crippen LogP contribution in [0.3, 0.4) is 0 Å². The molecule has 1 aromatic heterocycles. The molecule has 0 saturated heterocycles. The quantitative estimate of drug-likeness (QED) is 0.165. The molecule has 30 heavy (non-hydrogen) atoms. The minimum atomic E-state index is 0.583. The van der Waals surface area contributed by atoms with Crippen LogP contribution in [-0.2, 0) is 0 Å². The van der Waals surface area contributed by atoms with Crippen LogP contribution in [0.1, 0.15) is 11.1 Å². The molecule has 0 aliphatic carbocycles. The van der Waals surface area contributed by atoms with Crippen LogP contribution in [0.2, 0.25) is 0 Å². The van der Waals surface area contributed by atoms with E-state index in [0.717, 1.165) is 21.9 Å². The van der Waals surface area contributed by atoms with Gasteiger partial charge in [-0.2, -0.15) is 10.2 Å². The van der Waals surface area contributed by atoms with Crippen LogP contribution < -0.4 is 10.9 Å². The largest absolute Gasteiger partial charge is 0.259 e. The highest BCUT2D eigenvalue weighted by Gasteiger charge is 2.07. The normalized spacial score (nSPS) is 11.4. The molecule has 0 saturated carbocycles. The maximum absolute atomic E-state index is 4.30. The van der Waals surface area contributed by atoms with Crippen LogP contribution in [0.15, 0.2) is 83.0 Å². The maximum Gasteiger partial charge on any atom is 0.176 e. The van der Waals surface area contributed by atoms with Crippen molar-refractivity contribution in [2.24, 2.45) is 10.2 Å². The van der Waals surface area contributed by atoms with E-state index in [9.17, 15) is 0 Å². The number of hydrogen-bond donors (Lipinski definition) is 2. The Bertz CT molecular complexity index is 1110. The van der Waals surface area contributed by atoms with Crippen molar-refractivity contribution >= 4 is 80.0 Å². The summed E-state index contributed by atoms with van der Waals surface area (Å²) in [7, 11) is 0. The molecule has 3 aromatic carbocycles. The van der Waals surface area contributed by atoms with Crippen LogP contribution in [-0.4, -0.2) is 22.6 Å². The number of aromatic nitrogens is 2. The molecule has 2 N–H and O–H groups in total. The fraction of sp³-hybridized carbons (Fsp3) is 0. The van der Waals surface area contributed by atoms with Crippen LogP contribution >= 0.6 is 45.2 Å². The molecule has 0 spiro atoms. The molecule has 0 fully saturated rings. The first-order valence-corrected chi connectivity index (χ1v) is 11.2. The molecule has 0 bridgehead atoms. The lowest BCUT2D eigenvalue weighted by Gasteiger charge is -2.08. The summed E-state index contributed by atoms with van der Waals surface area (Å²) in [6.45, 7) is 0. The number of hydrazone groups is 2. The van der Waals surface area contributed by atoms with Crippen molar-refractivity contribution in [2.75, 3.05) is 10.9 Å². The number of benzene rings is 3. The van der Waals surface area contributed by atoms with Gasteiger partial charge in [0.15, 0.2) is 11.6 Å². The number of halogens is 2. The van der Waals surface area contributed by atoms with E-state index >= 15 is 0 Å². The van der Waals surface area contributed by atoms with Crippen LogP contribution in [0, 0.1) is 7.14 Å². The van der Waals surface area contributed by atoms with Gasteiger partial charge in [-0.05, 0) is 80.6 Å². The second-order valence-corrected chi connectivity index (χ2v) is 8.78. The van der Waals surface area contributed by atoms with Gasteiger partial charge in [0.05, 0.1) is 12.4 Å².